The quantitative estimate of drug-likeness (QED) is 0.654. The number of benzene rings is 2. The van der Waals surface area contributed by atoms with E-state index in [4.69, 9.17) is 4.52 Å². The summed E-state index contributed by atoms with van der Waals surface area (Å²) in [5.74, 6) is -2.33. The average molecular weight is 409 g/mol. The molecule has 1 amide bonds. The number of aryl methyl sites for hydroxylation is 1. The van der Waals surface area contributed by atoms with Crippen LogP contribution in [0, 0.1) is 11.3 Å². The van der Waals surface area contributed by atoms with Crippen molar-refractivity contribution in [3.8, 4) is 28.9 Å². The van der Waals surface area contributed by atoms with Crippen LogP contribution in [0.15, 0.2) is 40.9 Å². The number of amides is 1. The summed E-state index contributed by atoms with van der Waals surface area (Å²) in [7, 11) is 0. The molecule has 0 atom stereocenters. The van der Waals surface area contributed by atoms with Crippen molar-refractivity contribution in [1.29, 1.82) is 5.26 Å². The second-order valence-corrected chi connectivity index (χ2v) is 7.14. The lowest BCUT2D eigenvalue weighted by molar-refractivity contribution is -0.116. The molecule has 1 aliphatic heterocycles. The van der Waals surface area contributed by atoms with Gasteiger partial charge in [-0.15, -0.1) is 0 Å². The fraction of sp³-hybridized carbons (Fsp3) is 0.238. The topological polar surface area (TPSA) is 104 Å². The molecule has 0 saturated heterocycles. The summed E-state index contributed by atoms with van der Waals surface area (Å²) >= 11 is 0. The molecule has 9 heteroatoms. The standard InChI is InChI=1S/C21H17F2N5O2/c1-21(22,23)11-25-16-5-3-14(9-15(16)10-24)20-27-19(28-30-20)13-2-6-17-12(8-13)4-7-18(29)26-17/h2-3,5-6,8-9,25H,4,7,11H2,1H3,(H,26,29). The molecule has 1 aliphatic rings. The molecule has 0 bridgehead atoms. The molecular formula is C21H17F2N5O2. The predicted octanol–water partition coefficient (Wildman–Crippen LogP) is 4.23. The van der Waals surface area contributed by atoms with Gasteiger partial charge in [0.2, 0.25) is 11.7 Å². The third-order valence-corrected chi connectivity index (χ3v) is 4.66. The summed E-state index contributed by atoms with van der Waals surface area (Å²) in [5, 5.41) is 18.8. The Balaban J connectivity index is 1.58. The maximum atomic E-state index is 13.1. The Morgan fingerprint density at radius 2 is 2.03 bits per heavy atom. The molecule has 0 saturated carbocycles. The number of aromatic nitrogens is 2. The fourth-order valence-corrected chi connectivity index (χ4v) is 3.15. The minimum atomic E-state index is -2.90. The Morgan fingerprint density at radius 3 is 2.80 bits per heavy atom. The molecule has 7 nitrogen and oxygen atoms in total. The van der Waals surface area contributed by atoms with Crippen molar-refractivity contribution >= 4 is 17.3 Å². The number of hydrogen-bond acceptors (Lipinski definition) is 6. The van der Waals surface area contributed by atoms with E-state index in [-0.39, 0.29) is 17.4 Å². The SMILES string of the molecule is CC(F)(F)CNc1ccc(-c2nc(-c3ccc4c(c3)CCC(=O)N4)no2)cc1C#N. The van der Waals surface area contributed by atoms with Crippen LogP contribution in [0.1, 0.15) is 24.5 Å². The molecule has 2 N–H and O–H groups in total. The van der Waals surface area contributed by atoms with Crippen LogP contribution in [0.4, 0.5) is 20.2 Å². The summed E-state index contributed by atoms with van der Waals surface area (Å²) in [5.41, 5.74) is 3.51. The van der Waals surface area contributed by atoms with Gasteiger partial charge >= 0.3 is 0 Å². The van der Waals surface area contributed by atoms with E-state index in [0.29, 0.717) is 29.9 Å². The normalized spacial score (nSPS) is 13.3. The molecule has 1 aromatic heterocycles. The Labute approximate surface area is 170 Å². The van der Waals surface area contributed by atoms with Crippen LogP contribution < -0.4 is 10.6 Å². The highest BCUT2D eigenvalue weighted by atomic mass is 19.3. The molecule has 0 fully saturated rings. The van der Waals surface area contributed by atoms with Crippen molar-refractivity contribution in [3.63, 3.8) is 0 Å². The van der Waals surface area contributed by atoms with E-state index in [2.05, 4.69) is 20.8 Å². The van der Waals surface area contributed by atoms with Gasteiger partial charge in [0.15, 0.2) is 0 Å². The number of fused-ring (bicyclic) bond motifs is 1. The van der Waals surface area contributed by atoms with Crippen molar-refractivity contribution in [1.82, 2.24) is 10.1 Å². The number of nitrogens with one attached hydrogen (secondary N) is 2. The smallest absolute Gasteiger partial charge is 0.262 e. The van der Waals surface area contributed by atoms with Crippen LogP contribution in [-0.4, -0.2) is 28.5 Å². The zero-order valence-corrected chi connectivity index (χ0v) is 16.0. The molecule has 3 aromatic rings. The first kappa shape index (κ1) is 19.5. The number of nitrogens with zero attached hydrogens (tertiary/aromatic N) is 3. The van der Waals surface area contributed by atoms with Crippen LogP contribution in [-0.2, 0) is 11.2 Å². The number of halogens is 2. The van der Waals surface area contributed by atoms with Crippen molar-refractivity contribution in [2.45, 2.75) is 25.7 Å². The third-order valence-electron chi connectivity index (χ3n) is 4.66. The van der Waals surface area contributed by atoms with Crippen molar-refractivity contribution in [3.05, 3.63) is 47.5 Å². The van der Waals surface area contributed by atoms with Gasteiger partial charge in [-0.25, -0.2) is 8.78 Å². The van der Waals surface area contributed by atoms with Gasteiger partial charge in [0.1, 0.15) is 6.07 Å². The Kier molecular flexibility index (Phi) is 4.91. The predicted molar refractivity (Wildman–Crippen MR) is 106 cm³/mol. The molecule has 0 aliphatic carbocycles. The summed E-state index contributed by atoms with van der Waals surface area (Å²) in [6.45, 7) is 0.222. The van der Waals surface area contributed by atoms with E-state index in [9.17, 15) is 18.8 Å². The van der Waals surface area contributed by atoms with E-state index < -0.39 is 12.5 Å². The Morgan fingerprint density at radius 1 is 1.23 bits per heavy atom. The summed E-state index contributed by atoms with van der Waals surface area (Å²) in [6, 6.07) is 12.1. The van der Waals surface area contributed by atoms with Gasteiger partial charge in [0, 0.05) is 30.2 Å². The number of nitriles is 1. The lowest BCUT2D eigenvalue weighted by Crippen LogP contribution is -2.23. The van der Waals surface area contributed by atoms with Gasteiger partial charge in [-0.05, 0) is 48.4 Å². The Bertz CT molecular complexity index is 1160. The maximum Gasteiger partial charge on any atom is 0.262 e. The number of anilines is 2. The van der Waals surface area contributed by atoms with Gasteiger partial charge < -0.3 is 15.2 Å². The van der Waals surface area contributed by atoms with Crippen LogP contribution >= 0.6 is 0 Å². The van der Waals surface area contributed by atoms with E-state index in [1.54, 1.807) is 18.2 Å². The lowest BCUT2D eigenvalue weighted by atomic mass is 10.0. The van der Waals surface area contributed by atoms with Gasteiger partial charge in [-0.2, -0.15) is 10.2 Å². The molecular weight excluding hydrogens is 392 g/mol. The number of carbonyl (C=O) groups excluding carboxylic acids is 1. The molecule has 2 aromatic carbocycles. The number of carbonyl (C=O) groups is 1. The van der Waals surface area contributed by atoms with Crippen LogP contribution in [0.5, 0.6) is 0 Å². The van der Waals surface area contributed by atoms with E-state index in [1.807, 2.05) is 12.1 Å². The monoisotopic (exact) mass is 409 g/mol. The van der Waals surface area contributed by atoms with Crippen molar-refractivity contribution in [2.24, 2.45) is 0 Å². The van der Waals surface area contributed by atoms with E-state index in [0.717, 1.165) is 23.7 Å². The maximum absolute atomic E-state index is 13.1. The van der Waals surface area contributed by atoms with Crippen molar-refractivity contribution in [2.75, 3.05) is 17.2 Å². The molecule has 4 rings (SSSR count). The van der Waals surface area contributed by atoms with Gasteiger partial charge in [0.25, 0.3) is 11.8 Å². The largest absolute Gasteiger partial charge is 0.378 e. The van der Waals surface area contributed by atoms with E-state index in [1.165, 1.54) is 12.1 Å². The number of hydrogen-bond donors (Lipinski definition) is 2. The highest BCUT2D eigenvalue weighted by molar-refractivity contribution is 5.94. The highest BCUT2D eigenvalue weighted by Crippen LogP contribution is 2.30. The molecule has 30 heavy (non-hydrogen) atoms. The summed E-state index contributed by atoms with van der Waals surface area (Å²) in [6.07, 6.45) is 1.06. The average Bonchev–Trinajstić information content (AvgIpc) is 3.21. The number of rotatable bonds is 5. The summed E-state index contributed by atoms with van der Waals surface area (Å²) < 4.78 is 31.5. The first-order valence-electron chi connectivity index (χ1n) is 9.25. The second kappa shape index (κ2) is 7.55. The Hall–Kier alpha value is -3.80. The van der Waals surface area contributed by atoms with E-state index >= 15 is 0 Å². The van der Waals surface area contributed by atoms with Crippen molar-refractivity contribution < 1.29 is 18.1 Å². The zero-order valence-electron chi connectivity index (χ0n) is 16.0. The van der Waals surface area contributed by atoms with Crippen LogP contribution in [0.3, 0.4) is 0 Å². The van der Waals surface area contributed by atoms with Gasteiger partial charge in [-0.1, -0.05) is 5.16 Å². The minimum absolute atomic E-state index is 0.00835. The lowest BCUT2D eigenvalue weighted by Gasteiger charge is -2.16. The minimum Gasteiger partial charge on any atom is -0.378 e. The van der Waals surface area contributed by atoms with Gasteiger partial charge in [-0.3, -0.25) is 4.79 Å². The molecule has 2 heterocycles. The first-order chi connectivity index (χ1) is 14.3. The molecule has 0 radical (unpaired) electrons. The third kappa shape index (κ3) is 4.12. The highest BCUT2D eigenvalue weighted by Gasteiger charge is 2.21. The summed E-state index contributed by atoms with van der Waals surface area (Å²) in [4.78, 5) is 15.9. The zero-order chi connectivity index (χ0) is 21.3. The first-order valence-corrected chi connectivity index (χ1v) is 9.25. The molecule has 0 spiro atoms. The van der Waals surface area contributed by atoms with Crippen LogP contribution in [0.2, 0.25) is 0 Å². The second-order valence-electron chi connectivity index (χ2n) is 7.14. The molecule has 0 unspecified atom stereocenters. The van der Waals surface area contributed by atoms with Crippen LogP contribution in [0.25, 0.3) is 22.8 Å². The number of alkyl halides is 2. The fourth-order valence-electron chi connectivity index (χ4n) is 3.15. The molecule has 152 valence electrons. The van der Waals surface area contributed by atoms with Gasteiger partial charge in [0.05, 0.1) is 17.8 Å².